The van der Waals surface area contributed by atoms with Crippen molar-refractivity contribution >= 4 is 50.8 Å². The van der Waals surface area contributed by atoms with Crippen LogP contribution in [-0.2, 0) is 0 Å². The summed E-state index contributed by atoms with van der Waals surface area (Å²) in [6.45, 7) is 2.46. The van der Waals surface area contributed by atoms with Gasteiger partial charge in [0, 0.05) is 20.1 Å². The third-order valence-electron chi connectivity index (χ3n) is 3.80. The number of nitrogens with one attached hydrogen (secondary N) is 1. The third-order valence-corrected chi connectivity index (χ3v) is 5.36. The molecule has 0 atom stereocenters. The van der Waals surface area contributed by atoms with Crippen molar-refractivity contribution in [1.29, 1.82) is 0 Å². The Hall–Kier alpha value is -2.39. The molecule has 3 rings (SSSR count). The minimum atomic E-state index is -1.09. The average Bonchev–Trinajstić information content (AvgIpc) is 3.06. The lowest BCUT2D eigenvalue weighted by Crippen LogP contribution is -2.13. The zero-order valence-electron chi connectivity index (χ0n) is 14.4. The maximum Gasteiger partial charge on any atom is 0.339 e. The van der Waals surface area contributed by atoms with Crippen molar-refractivity contribution in [1.82, 2.24) is 0 Å². The summed E-state index contributed by atoms with van der Waals surface area (Å²) in [5.41, 5.74) is 1.88. The number of thiophene rings is 1. The minimum Gasteiger partial charge on any atom is -0.494 e. The first-order valence-electron chi connectivity index (χ1n) is 8.14. The molecule has 5 nitrogen and oxygen atoms in total. The molecular weight excluding hydrogens is 477 g/mol. The Balaban J connectivity index is 1.91. The topological polar surface area (TPSA) is 75.6 Å². The molecule has 0 radical (unpaired) electrons. The van der Waals surface area contributed by atoms with E-state index >= 15 is 0 Å². The van der Waals surface area contributed by atoms with E-state index in [4.69, 9.17) is 4.74 Å². The first kappa shape index (κ1) is 19.4. The number of carboxylic acid groups (broad SMARTS) is 1. The van der Waals surface area contributed by atoms with Crippen LogP contribution in [0.4, 0.5) is 5.00 Å². The molecule has 2 aromatic carbocycles. The Morgan fingerprint density at radius 2 is 1.93 bits per heavy atom. The van der Waals surface area contributed by atoms with Gasteiger partial charge in [0.1, 0.15) is 16.3 Å². The number of hydrogen-bond donors (Lipinski definition) is 2. The second-order valence-electron chi connectivity index (χ2n) is 5.58. The molecule has 27 heavy (non-hydrogen) atoms. The van der Waals surface area contributed by atoms with Crippen molar-refractivity contribution in [2.24, 2.45) is 0 Å². The quantitative estimate of drug-likeness (QED) is 0.453. The van der Waals surface area contributed by atoms with Crippen molar-refractivity contribution in [2.75, 3.05) is 11.9 Å². The van der Waals surface area contributed by atoms with Gasteiger partial charge in [0.25, 0.3) is 5.91 Å². The van der Waals surface area contributed by atoms with Gasteiger partial charge in [-0.15, -0.1) is 11.3 Å². The van der Waals surface area contributed by atoms with Gasteiger partial charge in [-0.05, 0) is 65.4 Å². The number of carbonyl (C=O) groups is 2. The Kier molecular flexibility index (Phi) is 6.12. The summed E-state index contributed by atoms with van der Waals surface area (Å²) in [5.74, 6) is -0.699. The average molecular weight is 493 g/mol. The molecule has 0 bridgehead atoms. The molecule has 0 saturated heterocycles. The van der Waals surface area contributed by atoms with E-state index in [2.05, 4.69) is 27.9 Å². The maximum absolute atomic E-state index is 12.5. The van der Waals surface area contributed by atoms with E-state index in [1.54, 1.807) is 35.7 Å². The molecule has 7 heteroatoms. The molecule has 0 unspecified atom stereocenters. The highest BCUT2D eigenvalue weighted by atomic mass is 127. The van der Waals surface area contributed by atoms with E-state index in [1.807, 2.05) is 25.1 Å². The van der Waals surface area contributed by atoms with Crippen molar-refractivity contribution in [3.8, 4) is 16.9 Å². The van der Waals surface area contributed by atoms with Gasteiger partial charge < -0.3 is 15.2 Å². The van der Waals surface area contributed by atoms with E-state index < -0.39 is 5.97 Å². The van der Waals surface area contributed by atoms with Crippen LogP contribution in [0, 0.1) is 3.57 Å². The van der Waals surface area contributed by atoms with Gasteiger partial charge in [-0.25, -0.2) is 4.79 Å². The number of rotatable bonds is 6. The fourth-order valence-corrected chi connectivity index (χ4v) is 4.08. The number of ether oxygens (including phenoxy) is 1. The van der Waals surface area contributed by atoms with Crippen molar-refractivity contribution in [2.45, 2.75) is 6.92 Å². The Labute approximate surface area is 174 Å². The molecular formula is C20H16INO4S. The second kappa shape index (κ2) is 8.53. The van der Waals surface area contributed by atoms with Gasteiger partial charge in [0.15, 0.2) is 0 Å². The molecule has 0 fully saturated rings. The number of carboxylic acids is 1. The number of benzene rings is 2. The number of amides is 1. The highest BCUT2D eigenvalue weighted by Gasteiger charge is 2.21. The Morgan fingerprint density at radius 1 is 1.19 bits per heavy atom. The Bertz CT molecular complexity index is 982. The predicted molar refractivity (Wildman–Crippen MR) is 115 cm³/mol. The van der Waals surface area contributed by atoms with Crippen LogP contribution in [0.5, 0.6) is 5.75 Å². The highest BCUT2D eigenvalue weighted by Crippen LogP contribution is 2.36. The molecule has 0 aliphatic heterocycles. The van der Waals surface area contributed by atoms with Gasteiger partial charge >= 0.3 is 5.97 Å². The standard InChI is InChI=1S/C20H16INO4S/c1-2-26-15-8-6-12(7-9-15)16-11-27-19(17(16)20(24)25)22-18(23)13-4-3-5-14(21)10-13/h3-11H,2H2,1H3,(H,22,23)(H,24,25). The number of carbonyl (C=O) groups excluding carboxylic acids is 1. The van der Waals surface area contributed by atoms with Crippen LogP contribution < -0.4 is 10.1 Å². The third kappa shape index (κ3) is 4.48. The molecule has 3 aromatic rings. The minimum absolute atomic E-state index is 0.0862. The van der Waals surface area contributed by atoms with E-state index in [-0.39, 0.29) is 11.5 Å². The molecule has 0 saturated carbocycles. The maximum atomic E-state index is 12.5. The summed E-state index contributed by atoms with van der Waals surface area (Å²) < 4.78 is 6.35. The zero-order valence-corrected chi connectivity index (χ0v) is 17.3. The van der Waals surface area contributed by atoms with Crippen LogP contribution in [0.3, 0.4) is 0 Å². The van der Waals surface area contributed by atoms with E-state index in [1.165, 1.54) is 11.3 Å². The number of halogens is 1. The lowest BCUT2D eigenvalue weighted by atomic mass is 10.0. The van der Waals surface area contributed by atoms with E-state index in [9.17, 15) is 14.7 Å². The van der Waals surface area contributed by atoms with Gasteiger partial charge in [0.2, 0.25) is 0 Å². The SMILES string of the molecule is CCOc1ccc(-c2csc(NC(=O)c3cccc(I)c3)c2C(=O)O)cc1. The summed E-state index contributed by atoms with van der Waals surface area (Å²) >= 11 is 3.32. The first-order chi connectivity index (χ1) is 13.0. The fraction of sp³-hybridized carbons (Fsp3) is 0.100. The van der Waals surface area contributed by atoms with Gasteiger partial charge in [-0.2, -0.15) is 0 Å². The van der Waals surface area contributed by atoms with Crippen molar-refractivity contribution in [3.63, 3.8) is 0 Å². The molecule has 1 heterocycles. The van der Waals surface area contributed by atoms with Crippen LogP contribution in [-0.4, -0.2) is 23.6 Å². The van der Waals surface area contributed by atoms with Crippen LogP contribution >= 0.6 is 33.9 Å². The lowest BCUT2D eigenvalue weighted by molar-refractivity contribution is 0.0699. The predicted octanol–water partition coefficient (Wildman–Crippen LogP) is 5.37. The summed E-state index contributed by atoms with van der Waals surface area (Å²) in [5, 5.41) is 14.5. The molecule has 138 valence electrons. The summed E-state index contributed by atoms with van der Waals surface area (Å²) in [6.07, 6.45) is 0. The first-order valence-corrected chi connectivity index (χ1v) is 10.1. The smallest absolute Gasteiger partial charge is 0.339 e. The van der Waals surface area contributed by atoms with Gasteiger partial charge in [0.05, 0.1) is 6.61 Å². The number of aromatic carboxylic acids is 1. The second-order valence-corrected chi connectivity index (χ2v) is 7.71. The summed E-state index contributed by atoms with van der Waals surface area (Å²) in [7, 11) is 0. The number of anilines is 1. The molecule has 2 N–H and O–H groups in total. The van der Waals surface area contributed by atoms with Crippen LogP contribution in [0.1, 0.15) is 27.6 Å². The van der Waals surface area contributed by atoms with Crippen molar-refractivity contribution in [3.05, 3.63) is 68.6 Å². The highest BCUT2D eigenvalue weighted by molar-refractivity contribution is 14.1. The van der Waals surface area contributed by atoms with Crippen LogP contribution in [0.15, 0.2) is 53.9 Å². The normalized spacial score (nSPS) is 10.4. The largest absolute Gasteiger partial charge is 0.494 e. The lowest BCUT2D eigenvalue weighted by Gasteiger charge is -2.07. The fourth-order valence-electron chi connectivity index (χ4n) is 2.58. The molecule has 0 aliphatic carbocycles. The monoisotopic (exact) mass is 493 g/mol. The Morgan fingerprint density at radius 3 is 2.56 bits per heavy atom. The van der Waals surface area contributed by atoms with Crippen LogP contribution in [0.2, 0.25) is 0 Å². The van der Waals surface area contributed by atoms with Crippen LogP contribution in [0.25, 0.3) is 11.1 Å². The van der Waals surface area contributed by atoms with Gasteiger partial charge in [-0.1, -0.05) is 18.2 Å². The zero-order chi connectivity index (χ0) is 19.4. The molecule has 0 aliphatic rings. The van der Waals surface area contributed by atoms with E-state index in [0.29, 0.717) is 22.7 Å². The number of hydrogen-bond acceptors (Lipinski definition) is 4. The van der Waals surface area contributed by atoms with Gasteiger partial charge in [-0.3, -0.25) is 4.79 Å². The molecule has 0 spiro atoms. The summed E-state index contributed by atoms with van der Waals surface area (Å²) in [4.78, 5) is 24.3. The van der Waals surface area contributed by atoms with Crippen molar-refractivity contribution < 1.29 is 19.4 Å². The molecule has 1 aromatic heterocycles. The summed E-state index contributed by atoms with van der Waals surface area (Å²) in [6, 6.07) is 14.3. The van der Waals surface area contributed by atoms with E-state index in [0.717, 1.165) is 14.9 Å². The molecule has 1 amide bonds.